The van der Waals surface area contributed by atoms with Gasteiger partial charge in [-0.3, -0.25) is 19.2 Å². The predicted molar refractivity (Wildman–Crippen MR) is 118 cm³/mol. The normalized spacial score (nSPS) is 10.4. The van der Waals surface area contributed by atoms with Crippen LogP contribution >= 0.6 is 0 Å². The highest BCUT2D eigenvalue weighted by Crippen LogP contribution is 2.19. The number of benzene rings is 2. The topological polar surface area (TPSA) is 110 Å². The molecule has 31 heavy (non-hydrogen) atoms. The van der Waals surface area contributed by atoms with E-state index >= 15 is 0 Å². The number of rotatable bonds is 6. The Balaban J connectivity index is 1.92. The molecule has 3 rings (SSSR count). The Morgan fingerprint density at radius 1 is 0.968 bits per heavy atom. The first-order valence-electron chi connectivity index (χ1n) is 9.60. The van der Waals surface area contributed by atoms with Gasteiger partial charge in [0.05, 0.1) is 5.69 Å². The Morgan fingerprint density at radius 3 is 2.32 bits per heavy atom. The van der Waals surface area contributed by atoms with Crippen LogP contribution in [-0.2, 0) is 16.1 Å². The second-order valence-corrected chi connectivity index (χ2v) is 7.14. The van der Waals surface area contributed by atoms with Crippen molar-refractivity contribution in [2.24, 2.45) is 0 Å². The molecule has 0 bridgehead atoms. The number of nitrogens with zero attached hydrogens (tertiary/aromatic N) is 2. The highest BCUT2D eigenvalue weighted by molar-refractivity contribution is 5.97. The minimum atomic E-state index is -0.598. The second kappa shape index (κ2) is 9.17. The number of nitrogens with one attached hydrogen (secondary N) is 2. The molecule has 0 aliphatic heterocycles. The van der Waals surface area contributed by atoms with Crippen LogP contribution in [0.25, 0.3) is 11.3 Å². The molecule has 2 amide bonds. The molecule has 0 aliphatic carbocycles. The van der Waals surface area contributed by atoms with Crippen LogP contribution in [0.2, 0.25) is 0 Å². The summed E-state index contributed by atoms with van der Waals surface area (Å²) < 4.78 is 1.00. The maximum atomic E-state index is 12.7. The van der Waals surface area contributed by atoms with Gasteiger partial charge in [-0.2, -0.15) is 5.10 Å². The van der Waals surface area contributed by atoms with Crippen molar-refractivity contribution < 1.29 is 14.4 Å². The van der Waals surface area contributed by atoms with Crippen molar-refractivity contribution in [3.63, 3.8) is 0 Å². The second-order valence-electron chi connectivity index (χ2n) is 7.14. The first-order chi connectivity index (χ1) is 14.7. The van der Waals surface area contributed by atoms with Gasteiger partial charge in [0.1, 0.15) is 12.2 Å². The lowest BCUT2D eigenvalue weighted by Crippen LogP contribution is -2.32. The zero-order chi connectivity index (χ0) is 22.5. The average molecular weight is 418 g/mol. The summed E-state index contributed by atoms with van der Waals surface area (Å²) in [5.41, 5.74) is 2.56. The average Bonchev–Trinajstić information content (AvgIpc) is 2.71. The number of amides is 2. The summed E-state index contributed by atoms with van der Waals surface area (Å²) in [7, 11) is 0. The van der Waals surface area contributed by atoms with Gasteiger partial charge in [-0.25, -0.2) is 4.68 Å². The lowest BCUT2D eigenvalue weighted by Gasteiger charge is -2.12. The minimum absolute atomic E-state index is 0.0319. The molecule has 0 saturated carbocycles. The van der Waals surface area contributed by atoms with Gasteiger partial charge in [0.2, 0.25) is 11.8 Å². The molecule has 0 unspecified atom stereocenters. The first kappa shape index (κ1) is 21.6. The van der Waals surface area contributed by atoms with E-state index in [4.69, 9.17) is 0 Å². The van der Waals surface area contributed by atoms with Gasteiger partial charge in [-0.15, -0.1) is 0 Å². The number of aryl methyl sites for hydroxylation is 1. The number of carbonyl (C=O) groups is 3. The molecule has 0 saturated heterocycles. The highest BCUT2D eigenvalue weighted by atomic mass is 16.2. The van der Waals surface area contributed by atoms with E-state index < -0.39 is 17.4 Å². The fraction of sp³-hybridized carbons (Fsp3) is 0.174. The van der Waals surface area contributed by atoms with Crippen molar-refractivity contribution in [2.45, 2.75) is 27.3 Å². The lowest BCUT2D eigenvalue weighted by atomic mass is 10.1. The van der Waals surface area contributed by atoms with Gasteiger partial charge in [0.15, 0.2) is 5.78 Å². The van der Waals surface area contributed by atoms with Gasteiger partial charge in [0.25, 0.3) is 5.56 Å². The van der Waals surface area contributed by atoms with Gasteiger partial charge in [-0.1, -0.05) is 42.0 Å². The van der Waals surface area contributed by atoms with Crippen LogP contribution in [0.5, 0.6) is 0 Å². The number of ketones is 1. The SMILES string of the molecule is CC(=O)Nc1cc(-c2ccc(C)cc2)nn(CC(=O)Nc2cccc(C(C)=O)c2)c1=O. The van der Waals surface area contributed by atoms with Crippen LogP contribution in [0.3, 0.4) is 0 Å². The van der Waals surface area contributed by atoms with Crippen molar-refractivity contribution in [2.75, 3.05) is 10.6 Å². The summed E-state index contributed by atoms with van der Waals surface area (Å²) in [4.78, 5) is 48.4. The number of hydrogen-bond donors (Lipinski definition) is 2. The van der Waals surface area contributed by atoms with Gasteiger partial charge in [0, 0.05) is 23.7 Å². The summed E-state index contributed by atoms with van der Waals surface area (Å²) in [6, 6.07) is 15.5. The van der Waals surface area contributed by atoms with Crippen molar-refractivity contribution in [1.29, 1.82) is 0 Å². The number of Topliss-reactive ketones (excluding diaryl/α,β-unsaturated/α-hetero) is 1. The molecule has 0 radical (unpaired) electrons. The van der Waals surface area contributed by atoms with Crippen molar-refractivity contribution >= 4 is 29.0 Å². The molecule has 158 valence electrons. The molecule has 8 nitrogen and oxygen atoms in total. The third-order valence-electron chi connectivity index (χ3n) is 4.48. The Morgan fingerprint density at radius 2 is 1.68 bits per heavy atom. The number of aromatic nitrogens is 2. The Hall–Kier alpha value is -4.07. The van der Waals surface area contributed by atoms with Gasteiger partial charge >= 0.3 is 0 Å². The molecular weight excluding hydrogens is 396 g/mol. The van der Waals surface area contributed by atoms with Crippen molar-refractivity contribution in [1.82, 2.24) is 9.78 Å². The third-order valence-corrected chi connectivity index (χ3v) is 4.48. The molecule has 1 aromatic heterocycles. The summed E-state index contributed by atoms with van der Waals surface area (Å²) >= 11 is 0. The Labute approximate surface area is 178 Å². The fourth-order valence-electron chi connectivity index (χ4n) is 2.95. The van der Waals surface area contributed by atoms with E-state index in [0.29, 0.717) is 16.9 Å². The molecular formula is C23H22N4O4. The Kier molecular flexibility index (Phi) is 6.40. The van der Waals surface area contributed by atoms with Crippen LogP contribution < -0.4 is 16.2 Å². The summed E-state index contributed by atoms with van der Waals surface area (Å²) in [6.07, 6.45) is 0. The maximum Gasteiger partial charge on any atom is 0.291 e. The summed E-state index contributed by atoms with van der Waals surface area (Å²) in [5.74, 6) is -1.03. The smallest absolute Gasteiger partial charge is 0.291 e. The molecule has 0 spiro atoms. The van der Waals surface area contributed by atoms with Crippen LogP contribution in [0, 0.1) is 6.92 Å². The van der Waals surface area contributed by atoms with E-state index in [1.54, 1.807) is 24.3 Å². The molecule has 0 aliphatic rings. The molecule has 0 atom stereocenters. The Bertz CT molecular complexity index is 1210. The molecule has 2 aromatic carbocycles. The number of hydrogen-bond acceptors (Lipinski definition) is 5. The molecule has 3 aromatic rings. The third kappa shape index (κ3) is 5.51. The van der Waals surface area contributed by atoms with E-state index in [2.05, 4.69) is 15.7 Å². The van der Waals surface area contributed by atoms with E-state index in [-0.39, 0.29) is 18.0 Å². The van der Waals surface area contributed by atoms with Crippen LogP contribution in [0.15, 0.2) is 59.4 Å². The monoisotopic (exact) mass is 418 g/mol. The van der Waals surface area contributed by atoms with E-state index in [1.165, 1.54) is 19.9 Å². The fourth-order valence-corrected chi connectivity index (χ4v) is 2.95. The summed E-state index contributed by atoms with van der Waals surface area (Å²) in [6.45, 7) is 4.32. The quantitative estimate of drug-likeness (QED) is 0.598. The van der Waals surface area contributed by atoms with Crippen LogP contribution in [-0.4, -0.2) is 27.4 Å². The lowest BCUT2D eigenvalue weighted by molar-refractivity contribution is -0.117. The van der Waals surface area contributed by atoms with Crippen molar-refractivity contribution in [3.8, 4) is 11.3 Å². The highest BCUT2D eigenvalue weighted by Gasteiger charge is 2.14. The van der Waals surface area contributed by atoms with Gasteiger partial charge < -0.3 is 10.6 Å². The minimum Gasteiger partial charge on any atom is -0.324 e. The zero-order valence-corrected chi connectivity index (χ0v) is 17.4. The molecule has 0 fully saturated rings. The number of carbonyl (C=O) groups excluding carboxylic acids is 3. The zero-order valence-electron chi connectivity index (χ0n) is 17.4. The van der Waals surface area contributed by atoms with E-state index in [1.807, 2.05) is 31.2 Å². The number of anilines is 2. The standard InChI is InChI=1S/C23H22N4O4/c1-14-7-9-17(10-8-14)20-12-21(24-16(3)29)23(31)27(26-20)13-22(30)25-19-6-4-5-18(11-19)15(2)28/h4-12H,13H2,1-3H3,(H,24,29)(H,25,30). The molecule has 2 N–H and O–H groups in total. The van der Waals surface area contributed by atoms with E-state index in [0.717, 1.165) is 15.8 Å². The summed E-state index contributed by atoms with van der Waals surface area (Å²) in [5, 5.41) is 9.46. The van der Waals surface area contributed by atoms with Gasteiger partial charge in [-0.05, 0) is 32.0 Å². The largest absolute Gasteiger partial charge is 0.324 e. The van der Waals surface area contributed by atoms with Crippen molar-refractivity contribution in [3.05, 3.63) is 76.1 Å². The molecule has 1 heterocycles. The molecule has 8 heteroatoms. The van der Waals surface area contributed by atoms with Crippen LogP contribution in [0.1, 0.15) is 29.8 Å². The maximum absolute atomic E-state index is 12.7. The predicted octanol–water partition coefficient (Wildman–Crippen LogP) is 3.02. The van der Waals surface area contributed by atoms with E-state index in [9.17, 15) is 19.2 Å². The van der Waals surface area contributed by atoms with Crippen LogP contribution in [0.4, 0.5) is 11.4 Å². The first-order valence-corrected chi connectivity index (χ1v) is 9.60.